The fourth-order valence-corrected chi connectivity index (χ4v) is 2.83. The first-order valence-corrected chi connectivity index (χ1v) is 7.45. The van der Waals surface area contributed by atoms with Crippen molar-refractivity contribution in [2.45, 2.75) is 6.42 Å². The van der Waals surface area contributed by atoms with Gasteiger partial charge in [-0.2, -0.15) is 0 Å². The Balaban J connectivity index is 1.99. The van der Waals surface area contributed by atoms with E-state index in [1.807, 2.05) is 53.4 Å². The summed E-state index contributed by atoms with van der Waals surface area (Å²) in [5.41, 5.74) is 2.68. The van der Waals surface area contributed by atoms with Gasteiger partial charge in [-0.3, -0.25) is 4.79 Å². The number of nitrogens with zero attached hydrogens (tertiary/aromatic N) is 1. The molecule has 1 aliphatic rings. The standard InChI is InChI=1S/C16H15BrN2O/c17-13-6-3-5-12(11-13)16(20)19-10-4-9-18-14-7-1-2-8-15(14)19/h1-3,5-8,11,18H,4,9-10H2. The van der Waals surface area contributed by atoms with Crippen LogP contribution in [-0.2, 0) is 0 Å². The molecule has 3 nitrogen and oxygen atoms in total. The average Bonchev–Trinajstić information content (AvgIpc) is 2.69. The lowest BCUT2D eigenvalue weighted by Crippen LogP contribution is -2.31. The molecule has 1 heterocycles. The zero-order valence-electron chi connectivity index (χ0n) is 11.0. The molecule has 0 saturated carbocycles. The van der Waals surface area contributed by atoms with E-state index in [1.54, 1.807) is 0 Å². The normalized spacial score (nSPS) is 14.2. The quantitative estimate of drug-likeness (QED) is 0.859. The van der Waals surface area contributed by atoms with E-state index >= 15 is 0 Å². The number of fused-ring (bicyclic) bond motifs is 1. The van der Waals surface area contributed by atoms with Crippen LogP contribution in [0.5, 0.6) is 0 Å². The van der Waals surface area contributed by atoms with Gasteiger partial charge in [-0.25, -0.2) is 0 Å². The third-order valence-corrected chi connectivity index (χ3v) is 3.88. The van der Waals surface area contributed by atoms with Crippen LogP contribution in [0.2, 0.25) is 0 Å². The summed E-state index contributed by atoms with van der Waals surface area (Å²) in [7, 11) is 0. The molecule has 0 aromatic heterocycles. The lowest BCUT2D eigenvalue weighted by molar-refractivity contribution is 0.0987. The molecule has 0 unspecified atom stereocenters. The third kappa shape index (κ3) is 2.56. The molecule has 0 bridgehead atoms. The highest BCUT2D eigenvalue weighted by molar-refractivity contribution is 9.10. The van der Waals surface area contributed by atoms with Gasteiger partial charge in [0, 0.05) is 23.1 Å². The SMILES string of the molecule is O=C(c1cccc(Br)c1)N1CCCNc2ccccc21. The largest absolute Gasteiger partial charge is 0.383 e. The Kier molecular flexibility index (Phi) is 3.74. The fourth-order valence-electron chi connectivity index (χ4n) is 2.43. The average molecular weight is 331 g/mol. The van der Waals surface area contributed by atoms with Gasteiger partial charge in [0.25, 0.3) is 5.91 Å². The predicted octanol–water partition coefficient (Wildman–Crippen LogP) is 3.91. The van der Waals surface area contributed by atoms with E-state index in [0.717, 1.165) is 35.4 Å². The molecule has 102 valence electrons. The first-order chi connectivity index (χ1) is 9.75. The van der Waals surface area contributed by atoms with Crippen LogP contribution in [0.4, 0.5) is 11.4 Å². The van der Waals surface area contributed by atoms with Gasteiger partial charge in [0.1, 0.15) is 0 Å². The Hall–Kier alpha value is -1.81. The summed E-state index contributed by atoms with van der Waals surface area (Å²) < 4.78 is 0.921. The first kappa shape index (κ1) is 13.2. The molecular formula is C16H15BrN2O. The minimum absolute atomic E-state index is 0.0439. The van der Waals surface area contributed by atoms with Gasteiger partial charge in [0.05, 0.1) is 11.4 Å². The second-order valence-electron chi connectivity index (χ2n) is 4.76. The Morgan fingerprint density at radius 2 is 2.00 bits per heavy atom. The monoisotopic (exact) mass is 330 g/mol. The van der Waals surface area contributed by atoms with Crippen LogP contribution >= 0.6 is 15.9 Å². The lowest BCUT2D eigenvalue weighted by atomic mass is 10.1. The Labute approximate surface area is 126 Å². The van der Waals surface area contributed by atoms with Crippen LogP contribution in [0.1, 0.15) is 16.8 Å². The molecule has 2 aromatic carbocycles. The zero-order valence-corrected chi connectivity index (χ0v) is 12.6. The van der Waals surface area contributed by atoms with Crippen molar-refractivity contribution in [2.24, 2.45) is 0 Å². The van der Waals surface area contributed by atoms with Crippen molar-refractivity contribution in [2.75, 3.05) is 23.3 Å². The summed E-state index contributed by atoms with van der Waals surface area (Å²) in [6, 6.07) is 15.5. The number of para-hydroxylation sites is 2. The molecule has 0 spiro atoms. The van der Waals surface area contributed by atoms with Crippen LogP contribution < -0.4 is 10.2 Å². The van der Waals surface area contributed by atoms with E-state index in [4.69, 9.17) is 0 Å². The molecule has 0 atom stereocenters. The Morgan fingerprint density at radius 3 is 2.85 bits per heavy atom. The summed E-state index contributed by atoms with van der Waals surface area (Å²) in [5, 5.41) is 3.37. The highest BCUT2D eigenvalue weighted by atomic mass is 79.9. The number of amides is 1. The molecule has 2 aromatic rings. The van der Waals surface area contributed by atoms with Gasteiger partial charge in [0.15, 0.2) is 0 Å². The number of hydrogen-bond donors (Lipinski definition) is 1. The van der Waals surface area contributed by atoms with Gasteiger partial charge in [-0.1, -0.05) is 34.1 Å². The number of carbonyl (C=O) groups is 1. The van der Waals surface area contributed by atoms with Crippen LogP contribution in [0.3, 0.4) is 0 Å². The summed E-state index contributed by atoms with van der Waals surface area (Å²) >= 11 is 3.42. The van der Waals surface area contributed by atoms with E-state index in [0.29, 0.717) is 5.56 Å². The highest BCUT2D eigenvalue weighted by Crippen LogP contribution is 2.29. The van der Waals surface area contributed by atoms with Gasteiger partial charge >= 0.3 is 0 Å². The summed E-state index contributed by atoms with van der Waals surface area (Å²) in [6.07, 6.45) is 0.939. The second-order valence-corrected chi connectivity index (χ2v) is 5.68. The third-order valence-electron chi connectivity index (χ3n) is 3.39. The number of hydrogen-bond acceptors (Lipinski definition) is 2. The lowest BCUT2D eigenvalue weighted by Gasteiger charge is -2.22. The molecular weight excluding hydrogens is 316 g/mol. The first-order valence-electron chi connectivity index (χ1n) is 6.66. The topological polar surface area (TPSA) is 32.3 Å². The predicted molar refractivity (Wildman–Crippen MR) is 85.4 cm³/mol. The summed E-state index contributed by atoms with van der Waals surface area (Å²) in [4.78, 5) is 14.6. The molecule has 0 saturated heterocycles. The molecule has 4 heteroatoms. The number of benzene rings is 2. The molecule has 1 N–H and O–H groups in total. The van der Waals surface area contributed by atoms with Crippen molar-refractivity contribution in [3.8, 4) is 0 Å². The second kappa shape index (κ2) is 5.67. The van der Waals surface area contributed by atoms with Crippen molar-refractivity contribution in [1.29, 1.82) is 0 Å². The van der Waals surface area contributed by atoms with E-state index in [9.17, 15) is 4.79 Å². The molecule has 0 fully saturated rings. The van der Waals surface area contributed by atoms with Gasteiger partial charge in [0.2, 0.25) is 0 Å². The van der Waals surface area contributed by atoms with E-state index in [2.05, 4.69) is 21.2 Å². The van der Waals surface area contributed by atoms with Crippen molar-refractivity contribution >= 4 is 33.2 Å². The van der Waals surface area contributed by atoms with Crippen molar-refractivity contribution in [1.82, 2.24) is 0 Å². The van der Waals surface area contributed by atoms with Crippen LogP contribution in [0.25, 0.3) is 0 Å². The van der Waals surface area contributed by atoms with Crippen LogP contribution in [0.15, 0.2) is 53.0 Å². The van der Waals surface area contributed by atoms with Crippen molar-refractivity contribution < 1.29 is 4.79 Å². The van der Waals surface area contributed by atoms with Gasteiger partial charge in [-0.15, -0.1) is 0 Å². The molecule has 1 amide bonds. The Bertz CT molecular complexity index is 642. The van der Waals surface area contributed by atoms with Crippen molar-refractivity contribution in [3.05, 3.63) is 58.6 Å². The maximum Gasteiger partial charge on any atom is 0.258 e. The zero-order chi connectivity index (χ0) is 13.9. The van der Waals surface area contributed by atoms with E-state index < -0.39 is 0 Å². The molecule has 3 rings (SSSR count). The summed E-state index contributed by atoms with van der Waals surface area (Å²) in [6.45, 7) is 1.62. The number of carbonyl (C=O) groups excluding carboxylic acids is 1. The maximum absolute atomic E-state index is 12.7. The van der Waals surface area contributed by atoms with Crippen molar-refractivity contribution in [3.63, 3.8) is 0 Å². The van der Waals surface area contributed by atoms with Crippen LogP contribution in [-0.4, -0.2) is 19.0 Å². The van der Waals surface area contributed by atoms with Gasteiger partial charge < -0.3 is 10.2 Å². The number of halogens is 1. The van der Waals surface area contributed by atoms with E-state index in [1.165, 1.54) is 0 Å². The molecule has 20 heavy (non-hydrogen) atoms. The minimum atomic E-state index is 0.0439. The molecule has 0 aliphatic carbocycles. The smallest absolute Gasteiger partial charge is 0.258 e. The number of nitrogens with one attached hydrogen (secondary N) is 1. The number of rotatable bonds is 1. The fraction of sp³-hybridized carbons (Fsp3) is 0.188. The maximum atomic E-state index is 12.7. The minimum Gasteiger partial charge on any atom is -0.383 e. The van der Waals surface area contributed by atoms with E-state index in [-0.39, 0.29) is 5.91 Å². The van der Waals surface area contributed by atoms with Gasteiger partial charge in [-0.05, 0) is 36.8 Å². The van der Waals surface area contributed by atoms with Crippen LogP contribution in [0, 0.1) is 0 Å². The highest BCUT2D eigenvalue weighted by Gasteiger charge is 2.21. The molecule has 1 aliphatic heterocycles. The number of anilines is 2. The molecule has 0 radical (unpaired) electrons. The Morgan fingerprint density at radius 1 is 1.15 bits per heavy atom. The summed E-state index contributed by atoms with van der Waals surface area (Å²) in [5.74, 6) is 0.0439.